The van der Waals surface area contributed by atoms with Gasteiger partial charge >= 0.3 is 11.7 Å². The molecule has 0 saturated heterocycles. The van der Waals surface area contributed by atoms with Crippen LogP contribution in [0.1, 0.15) is 0 Å². The van der Waals surface area contributed by atoms with Gasteiger partial charge in [-0.25, -0.2) is 4.79 Å². The van der Waals surface area contributed by atoms with Gasteiger partial charge in [-0.05, 0) is 0 Å². The monoisotopic (exact) mass is 293 g/mol. The van der Waals surface area contributed by atoms with Crippen LogP contribution in [0.15, 0.2) is 34.2 Å². The number of carbonyl (C=O) groups is 2. The third-order valence-electron chi connectivity index (χ3n) is 2.43. The van der Waals surface area contributed by atoms with Crippen molar-refractivity contribution in [2.24, 2.45) is 0 Å². The maximum atomic E-state index is 11.7. The highest BCUT2D eigenvalue weighted by Crippen LogP contribution is 2.04. The van der Waals surface area contributed by atoms with Crippen molar-refractivity contribution in [3.8, 4) is 0 Å². The van der Waals surface area contributed by atoms with Crippen molar-refractivity contribution in [1.29, 1.82) is 0 Å². The summed E-state index contributed by atoms with van der Waals surface area (Å²) < 4.78 is 2.17. The van der Waals surface area contributed by atoms with Crippen LogP contribution in [0.2, 0.25) is 0 Å². The molecule has 0 aliphatic rings. The maximum absolute atomic E-state index is 11.7. The maximum Gasteiger partial charge on any atom is 0.328 e. The zero-order valence-electron chi connectivity index (χ0n) is 10.6. The van der Waals surface area contributed by atoms with Gasteiger partial charge in [0.05, 0.1) is 11.9 Å². The van der Waals surface area contributed by atoms with E-state index in [0.717, 1.165) is 15.3 Å². The molecule has 1 amide bonds. The van der Waals surface area contributed by atoms with Gasteiger partial charge in [0, 0.05) is 18.5 Å². The van der Waals surface area contributed by atoms with E-state index >= 15 is 0 Å². The van der Waals surface area contributed by atoms with E-state index in [1.54, 1.807) is 0 Å². The molecule has 0 fully saturated rings. The lowest BCUT2D eigenvalue weighted by atomic mass is 10.5. The summed E-state index contributed by atoms with van der Waals surface area (Å²) in [6, 6.07) is 1.12. The van der Waals surface area contributed by atoms with Crippen LogP contribution >= 0.6 is 0 Å². The Morgan fingerprint density at radius 2 is 2.10 bits per heavy atom. The van der Waals surface area contributed by atoms with Crippen LogP contribution in [0.3, 0.4) is 0 Å². The molecule has 3 N–H and O–H groups in total. The SMILES string of the molecule is O=C(O)Cn1cc(NC(=O)Cn2ccc(=O)[nH]c2=O)cn1. The van der Waals surface area contributed by atoms with Crippen molar-refractivity contribution in [2.75, 3.05) is 5.32 Å². The highest BCUT2D eigenvalue weighted by molar-refractivity contribution is 5.90. The lowest BCUT2D eigenvalue weighted by Gasteiger charge is -2.04. The fourth-order valence-electron chi connectivity index (χ4n) is 1.58. The van der Waals surface area contributed by atoms with Crippen LogP contribution in [-0.2, 0) is 22.7 Å². The summed E-state index contributed by atoms with van der Waals surface area (Å²) in [6.45, 7) is -0.616. The van der Waals surface area contributed by atoms with Gasteiger partial charge in [-0.15, -0.1) is 0 Å². The second-order valence-corrected chi connectivity index (χ2v) is 4.11. The number of rotatable bonds is 5. The summed E-state index contributed by atoms with van der Waals surface area (Å²) in [5, 5.41) is 14.8. The van der Waals surface area contributed by atoms with Gasteiger partial charge in [-0.2, -0.15) is 5.10 Å². The van der Waals surface area contributed by atoms with E-state index < -0.39 is 23.1 Å². The number of carbonyl (C=O) groups excluding carboxylic acids is 1. The van der Waals surface area contributed by atoms with Gasteiger partial charge in [0.1, 0.15) is 13.1 Å². The zero-order valence-corrected chi connectivity index (χ0v) is 10.6. The quantitative estimate of drug-likeness (QED) is 0.610. The van der Waals surface area contributed by atoms with Crippen molar-refractivity contribution in [1.82, 2.24) is 19.3 Å². The predicted octanol–water partition coefficient (Wildman–Crippen LogP) is -1.54. The molecule has 0 aliphatic heterocycles. The first kappa shape index (κ1) is 14.2. The van der Waals surface area contributed by atoms with Gasteiger partial charge in [-0.1, -0.05) is 0 Å². The third-order valence-corrected chi connectivity index (χ3v) is 2.43. The van der Waals surface area contributed by atoms with E-state index in [1.807, 2.05) is 4.98 Å². The number of hydrogen-bond acceptors (Lipinski definition) is 5. The Morgan fingerprint density at radius 1 is 1.33 bits per heavy atom. The Balaban J connectivity index is 2.01. The number of aromatic nitrogens is 4. The molecule has 0 unspecified atom stereocenters. The minimum atomic E-state index is -1.06. The molecule has 21 heavy (non-hydrogen) atoms. The molecule has 10 heteroatoms. The number of aliphatic carboxylic acids is 1. The Bertz CT molecular complexity index is 787. The fourth-order valence-corrected chi connectivity index (χ4v) is 1.58. The molecule has 2 rings (SSSR count). The van der Waals surface area contributed by atoms with Crippen molar-refractivity contribution >= 4 is 17.6 Å². The normalized spacial score (nSPS) is 10.3. The Kier molecular flexibility index (Phi) is 3.97. The molecule has 0 aromatic carbocycles. The Labute approximate surface area is 116 Å². The first-order chi connectivity index (χ1) is 9.94. The highest BCUT2D eigenvalue weighted by atomic mass is 16.4. The molecular weight excluding hydrogens is 282 g/mol. The molecule has 2 heterocycles. The molecule has 0 radical (unpaired) electrons. The summed E-state index contributed by atoms with van der Waals surface area (Å²) in [6.07, 6.45) is 3.84. The average Bonchev–Trinajstić information content (AvgIpc) is 2.79. The third kappa shape index (κ3) is 3.89. The number of carboxylic acids is 1. The molecule has 2 aromatic heterocycles. The number of hydrogen-bond donors (Lipinski definition) is 3. The zero-order chi connectivity index (χ0) is 15.4. The van der Waals surface area contributed by atoms with Crippen LogP contribution in [0.5, 0.6) is 0 Å². The van der Waals surface area contributed by atoms with Crippen LogP contribution < -0.4 is 16.6 Å². The first-order valence-electron chi connectivity index (χ1n) is 5.78. The first-order valence-corrected chi connectivity index (χ1v) is 5.78. The van der Waals surface area contributed by atoms with Gasteiger partial charge in [-0.3, -0.25) is 28.6 Å². The lowest BCUT2D eigenvalue weighted by molar-refractivity contribution is -0.137. The fraction of sp³-hybridized carbons (Fsp3) is 0.182. The van der Waals surface area contributed by atoms with E-state index in [2.05, 4.69) is 10.4 Å². The average molecular weight is 293 g/mol. The summed E-state index contributed by atoms with van der Waals surface area (Å²) in [4.78, 5) is 46.5. The van der Waals surface area contributed by atoms with Gasteiger partial charge < -0.3 is 10.4 Å². The molecular formula is C11H11N5O5. The predicted molar refractivity (Wildman–Crippen MR) is 69.8 cm³/mol. The molecule has 0 atom stereocenters. The van der Waals surface area contributed by atoms with Crippen LogP contribution in [0.25, 0.3) is 0 Å². The van der Waals surface area contributed by atoms with E-state index in [4.69, 9.17) is 5.11 Å². The van der Waals surface area contributed by atoms with E-state index in [9.17, 15) is 19.2 Å². The smallest absolute Gasteiger partial charge is 0.328 e. The number of carboxylic acid groups (broad SMARTS) is 1. The minimum absolute atomic E-state index is 0.292. The van der Waals surface area contributed by atoms with Gasteiger partial charge in [0.25, 0.3) is 5.56 Å². The largest absolute Gasteiger partial charge is 0.480 e. The van der Waals surface area contributed by atoms with Crippen molar-refractivity contribution < 1.29 is 14.7 Å². The van der Waals surface area contributed by atoms with Crippen LogP contribution in [0.4, 0.5) is 5.69 Å². The molecule has 2 aromatic rings. The van der Waals surface area contributed by atoms with Gasteiger partial charge in [0.2, 0.25) is 5.91 Å². The highest BCUT2D eigenvalue weighted by Gasteiger charge is 2.08. The standard InChI is InChI=1S/C11H11N5O5/c17-8-1-2-15(11(21)14-8)5-9(18)13-7-3-12-16(4-7)6-10(19)20/h1-4H,5-6H2,(H,13,18)(H,19,20)(H,14,17,21). The van der Waals surface area contributed by atoms with E-state index in [-0.39, 0.29) is 13.1 Å². The number of anilines is 1. The number of aromatic amines is 1. The molecule has 10 nitrogen and oxygen atoms in total. The summed E-state index contributed by atoms with van der Waals surface area (Å²) in [5.41, 5.74) is -0.940. The molecule has 0 spiro atoms. The van der Waals surface area contributed by atoms with E-state index in [0.29, 0.717) is 5.69 Å². The van der Waals surface area contributed by atoms with E-state index in [1.165, 1.54) is 18.6 Å². The number of nitrogens with zero attached hydrogens (tertiary/aromatic N) is 3. The molecule has 110 valence electrons. The molecule has 0 bridgehead atoms. The van der Waals surface area contributed by atoms with Crippen LogP contribution in [-0.4, -0.2) is 36.3 Å². The Morgan fingerprint density at radius 3 is 2.76 bits per heavy atom. The van der Waals surface area contributed by atoms with Gasteiger partial charge in [0.15, 0.2) is 0 Å². The van der Waals surface area contributed by atoms with Crippen LogP contribution in [0, 0.1) is 0 Å². The molecule has 0 saturated carbocycles. The topological polar surface area (TPSA) is 139 Å². The summed E-state index contributed by atoms with van der Waals surface area (Å²) in [5.74, 6) is -1.57. The summed E-state index contributed by atoms with van der Waals surface area (Å²) in [7, 11) is 0. The van der Waals surface area contributed by atoms with Crippen molar-refractivity contribution in [3.63, 3.8) is 0 Å². The lowest BCUT2D eigenvalue weighted by Crippen LogP contribution is -2.32. The summed E-state index contributed by atoms with van der Waals surface area (Å²) >= 11 is 0. The Hall–Kier alpha value is -3.17. The number of amides is 1. The second-order valence-electron chi connectivity index (χ2n) is 4.11. The number of H-pyrrole nitrogens is 1. The van der Waals surface area contributed by atoms with Crippen molar-refractivity contribution in [2.45, 2.75) is 13.1 Å². The number of nitrogens with one attached hydrogen (secondary N) is 2. The van der Waals surface area contributed by atoms with Crippen molar-refractivity contribution in [3.05, 3.63) is 45.5 Å². The second kappa shape index (κ2) is 5.86. The molecule has 0 aliphatic carbocycles. The minimum Gasteiger partial charge on any atom is -0.480 e.